The third-order valence-corrected chi connectivity index (χ3v) is 6.31. The molecule has 3 aromatic carbocycles. The molecule has 0 aliphatic carbocycles. The zero-order valence-corrected chi connectivity index (χ0v) is 19.7. The quantitative estimate of drug-likeness (QED) is 0.273. The molecular weight excluding hydrogens is 486 g/mol. The molecule has 0 atom stereocenters. The maximum Gasteiger partial charge on any atom is 0.255 e. The number of aromatic nitrogens is 1. The number of thioether (sulfide) groups is 1. The van der Waals surface area contributed by atoms with Crippen molar-refractivity contribution < 1.29 is 9.32 Å². The average molecular weight is 506 g/mol. The Hall–Kier alpha value is -3.29. The lowest BCUT2D eigenvalue weighted by Gasteiger charge is -2.11. The van der Waals surface area contributed by atoms with Gasteiger partial charge in [0.15, 0.2) is 5.76 Å². The van der Waals surface area contributed by atoms with Crippen LogP contribution in [0.1, 0.15) is 11.1 Å². The summed E-state index contributed by atoms with van der Waals surface area (Å²) in [6.45, 7) is 6.05. The molecular formula is C25H20BrN3O2S. The Morgan fingerprint density at radius 1 is 1.16 bits per heavy atom. The molecule has 4 aromatic rings. The fourth-order valence-electron chi connectivity index (χ4n) is 3.14. The number of nitrogens with zero attached hydrogens (tertiary/aromatic N) is 1. The number of fused-ring (bicyclic) bond motifs is 1. The molecule has 0 spiro atoms. The minimum Gasteiger partial charge on any atom is -0.365 e. The van der Waals surface area contributed by atoms with Crippen molar-refractivity contribution in [1.82, 2.24) is 5.16 Å². The van der Waals surface area contributed by atoms with Crippen molar-refractivity contribution in [3.05, 3.63) is 98.8 Å². The van der Waals surface area contributed by atoms with Crippen LogP contribution in [-0.2, 0) is 4.79 Å². The van der Waals surface area contributed by atoms with E-state index in [1.165, 1.54) is 17.3 Å². The van der Waals surface area contributed by atoms with Gasteiger partial charge in [0.05, 0.1) is 21.0 Å². The number of nitrogens with one attached hydrogen (secondary N) is 1. The molecule has 4 rings (SSSR count). The molecule has 1 heterocycles. The molecule has 0 aliphatic heterocycles. The molecule has 5 nitrogen and oxygen atoms in total. The first-order valence-electron chi connectivity index (χ1n) is 9.77. The van der Waals surface area contributed by atoms with Crippen molar-refractivity contribution in [2.24, 2.45) is 5.73 Å². The lowest BCUT2D eigenvalue weighted by atomic mass is 10.0. The van der Waals surface area contributed by atoms with Gasteiger partial charge >= 0.3 is 0 Å². The van der Waals surface area contributed by atoms with Crippen molar-refractivity contribution in [3.63, 3.8) is 0 Å². The zero-order chi connectivity index (χ0) is 22.7. The number of carbonyl (C=O) groups excluding carboxylic acids is 1. The number of hydrogen-bond donors (Lipinski definition) is 2. The third-order valence-electron chi connectivity index (χ3n) is 4.74. The number of halogens is 1. The first-order chi connectivity index (χ1) is 15.4. The van der Waals surface area contributed by atoms with Gasteiger partial charge in [-0.2, -0.15) is 0 Å². The molecule has 32 heavy (non-hydrogen) atoms. The van der Waals surface area contributed by atoms with Crippen LogP contribution in [0.3, 0.4) is 0 Å². The SMILES string of the molecule is C=C(Nc1ccccc1Br)S/C(=C\c1ccc2noc(-c3ccc(C)cc3)c2c1)C(N)=O. The monoisotopic (exact) mass is 505 g/mol. The number of benzene rings is 3. The molecule has 3 N–H and O–H groups in total. The number of amides is 1. The van der Waals surface area contributed by atoms with Crippen LogP contribution in [0.2, 0.25) is 0 Å². The van der Waals surface area contributed by atoms with Crippen LogP contribution in [0, 0.1) is 6.92 Å². The van der Waals surface area contributed by atoms with E-state index in [1.807, 2.05) is 73.7 Å². The van der Waals surface area contributed by atoms with E-state index in [-0.39, 0.29) is 0 Å². The van der Waals surface area contributed by atoms with Gasteiger partial charge < -0.3 is 15.6 Å². The van der Waals surface area contributed by atoms with E-state index in [0.717, 1.165) is 32.2 Å². The number of primary amides is 1. The Balaban J connectivity index is 1.62. The summed E-state index contributed by atoms with van der Waals surface area (Å²) in [5.74, 6) is 0.151. The largest absolute Gasteiger partial charge is 0.365 e. The summed E-state index contributed by atoms with van der Waals surface area (Å²) in [5, 5.41) is 8.78. The van der Waals surface area contributed by atoms with Crippen molar-refractivity contribution in [1.29, 1.82) is 0 Å². The van der Waals surface area contributed by atoms with E-state index in [0.29, 0.717) is 15.7 Å². The number of anilines is 1. The summed E-state index contributed by atoms with van der Waals surface area (Å²) in [6, 6.07) is 21.4. The molecule has 0 radical (unpaired) electrons. The molecule has 0 aliphatic rings. The van der Waals surface area contributed by atoms with Gasteiger partial charge in [0.2, 0.25) is 0 Å². The molecule has 0 saturated carbocycles. The highest BCUT2D eigenvalue weighted by atomic mass is 79.9. The van der Waals surface area contributed by atoms with Gasteiger partial charge in [0, 0.05) is 10.0 Å². The second-order valence-corrected chi connectivity index (χ2v) is 9.15. The van der Waals surface area contributed by atoms with Crippen molar-refractivity contribution in [2.75, 3.05) is 5.32 Å². The van der Waals surface area contributed by atoms with Crippen molar-refractivity contribution in [2.45, 2.75) is 6.92 Å². The van der Waals surface area contributed by atoms with Crippen LogP contribution in [0.15, 0.2) is 92.2 Å². The number of aryl methyl sites for hydroxylation is 1. The summed E-state index contributed by atoms with van der Waals surface area (Å²) >= 11 is 4.67. The number of rotatable bonds is 7. The van der Waals surface area contributed by atoms with E-state index in [4.69, 9.17) is 10.3 Å². The smallest absolute Gasteiger partial charge is 0.255 e. The van der Waals surface area contributed by atoms with Crippen LogP contribution in [0.4, 0.5) is 5.69 Å². The van der Waals surface area contributed by atoms with Crippen LogP contribution in [-0.4, -0.2) is 11.1 Å². The number of nitrogens with two attached hydrogens (primary N) is 1. The Bertz CT molecular complexity index is 1340. The average Bonchev–Trinajstić information content (AvgIpc) is 3.18. The van der Waals surface area contributed by atoms with E-state index >= 15 is 0 Å². The van der Waals surface area contributed by atoms with Crippen molar-refractivity contribution >= 4 is 56.3 Å². The number of hydrogen-bond acceptors (Lipinski definition) is 5. The lowest BCUT2D eigenvalue weighted by Crippen LogP contribution is -2.12. The van der Waals surface area contributed by atoms with Crippen LogP contribution in [0.25, 0.3) is 28.3 Å². The van der Waals surface area contributed by atoms with Gasteiger partial charge in [-0.3, -0.25) is 4.79 Å². The van der Waals surface area contributed by atoms with Crippen LogP contribution < -0.4 is 11.1 Å². The zero-order valence-electron chi connectivity index (χ0n) is 17.3. The van der Waals surface area contributed by atoms with Gasteiger partial charge in [0.1, 0.15) is 5.52 Å². The summed E-state index contributed by atoms with van der Waals surface area (Å²) in [6.07, 6.45) is 1.74. The molecule has 0 unspecified atom stereocenters. The maximum absolute atomic E-state index is 12.1. The van der Waals surface area contributed by atoms with E-state index in [1.54, 1.807) is 6.08 Å². The number of carbonyl (C=O) groups is 1. The number of para-hydroxylation sites is 1. The van der Waals surface area contributed by atoms with Crippen LogP contribution >= 0.6 is 27.7 Å². The fourth-order valence-corrected chi connectivity index (χ4v) is 4.24. The Morgan fingerprint density at radius 3 is 2.62 bits per heavy atom. The summed E-state index contributed by atoms with van der Waals surface area (Å²) in [5.41, 5.74) is 10.2. The maximum atomic E-state index is 12.1. The Morgan fingerprint density at radius 2 is 1.91 bits per heavy atom. The second kappa shape index (κ2) is 9.46. The molecule has 0 fully saturated rings. The highest BCUT2D eigenvalue weighted by molar-refractivity contribution is 9.10. The lowest BCUT2D eigenvalue weighted by molar-refractivity contribution is -0.113. The summed E-state index contributed by atoms with van der Waals surface area (Å²) in [7, 11) is 0. The van der Waals surface area contributed by atoms with Gasteiger partial charge in [-0.15, -0.1) is 0 Å². The first-order valence-corrected chi connectivity index (χ1v) is 11.4. The molecule has 160 valence electrons. The first kappa shape index (κ1) is 21.9. The Labute approximate surface area is 198 Å². The van der Waals surface area contributed by atoms with E-state index in [2.05, 4.69) is 33.0 Å². The Kier molecular flexibility index (Phi) is 6.48. The molecule has 0 bridgehead atoms. The molecule has 7 heteroatoms. The predicted octanol–water partition coefficient (Wildman–Crippen LogP) is 6.71. The van der Waals surface area contributed by atoms with Gasteiger partial charge in [-0.1, -0.05) is 71.5 Å². The molecule has 1 aromatic heterocycles. The molecule has 0 saturated heterocycles. The highest BCUT2D eigenvalue weighted by Crippen LogP contribution is 2.33. The van der Waals surface area contributed by atoms with E-state index < -0.39 is 5.91 Å². The van der Waals surface area contributed by atoms with Gasteiger partial charge in [0.25, 0.3) is 5.91 Å². The van der Waals surface area contributed by atoms with Gasteiger partial charge in [-0.25, -0.2) is 0 Å². The minimum atomic E-state index is -0.533. The van der Waals surface area contributed by atoms with Gasteiger partial charge in [-0.05, 0) is 58.8 Å². The predicted molar refractivity (Wildman–Crippen MR) is 136 cm³/mol. The molecule has 1 amide bonds. The van der Waals surface area contributed by atoms with E-state index in [9.17, 15) is 4.79 Å². The minimum absolute atomic E-state index is 0.363. The topological polar surface area (TPSA) is 81.2 Å². The fraction of sp³-hybridized carbons (Fsp3) is 0.0400. The van der Waals surface area contributed by atoms with Crippen molar-refractivity contribution in [3.8, 4) is 11.3 Å². The summed E-state index contributed by atoms with van der Waals surface area (Å²) < 4.78 is 6.49. The van der Waals surface area contributed by atoms with Crippen LogP contribution in [0.5, 0.6) is 0 Å². The normalized spacial score (nSPS) is 11.5. The highest BCUT2D eigenvalue weighted by Gasteiger charge is 2.13. The summed E-state index contributed by atoms with van der Waals surface area (Å²) in [4.78, 5) is 12.5. The third kappa shape index (κ3) is 4.95. The standard InChI is InChI=1S/C25H20BrN3O2S/c1-15-7-10-18(11-8-15)24-19-13-17(9-12-21(19)29-31-24)14-23(25(27)30)32-16(2)28-22-6-4-3-5-20(22)26/h3-14,28H,2H2,1H3,(H2,27,30)/b23-14-. The second-order valence-electron chi connectivity index (χ2n) is 7.16.